The summed E-state index contributed by atoms with van der Waals surface area (Å²) in [4.78, 5) is 30.8. The molecule has 1 aromatic rings. The number of benzene rings is 1. The number of ether oxygens (including phenoxy) is 1. The molecule has 0 bridgehead atoms. The Hall–Kier alpha value is -2.96. The van der Waals surface area contributed by atoms with Crippen LogP contribution in [0.5, 0.6) is 0 Å². The van der Waals surface area contributed by atoms with Gasteiger partial charge in [0.2, 0.25) is 11.9 Å². The van der Waals surface area contributed by atoms with E-state index in [1.807, 2.05) is 39.1 Å². The molecule has 0 radical (unpaired) electrons. The molecular weight excluding hydrogens is 420 g/mol. The van der Waals surface area contributed by atoms with Crippen LogP contribution >= 0.6 is 11.6 Å². The third-order valence-electron chi connectivity index (χ3n) is 5.05. The minimum Gasteiger partial charge on any atom is -0.370 e. The summed E-state index contributed by atoms with van der Waals surface area (Å²) in [6, 6.07) is 6.82. The van der Waals surface area contributed by atoms with Crippen LogP contribution in [0, 0.1) is 16.9 Å². The van der Waals surface area contributed by atoms with Crippen molar-refractivity contribution in [1.29, 1.82) is 5.26 Å². The van der Waals surface area contributed by atoms with Gasteiger partial charge < -0.3 is 9.64 Å². The number of nitrogens with zero attached hydrogens (tertiary/aromatic N) is 5. The summed E-state index contributed by atoms with van der Waals surface area (Å²) in [6.07, 6.45) is 1.85. The molecule has 10 heteroatoms. The second kappa shape index (κ2) is 9.45. The number of Topliss-reactive ketones (excluding diaryl/α,β-unsaturated/α-hetero) is 1. The van der Waals surface area contributed by atoms with Crippen molar-refractivity contribution >= 4 is 35.0 Å². The fourth-order valence-electron chi connectivity index (χ4n) is 3.22. The Morgan fingerprint density at radius 1 is 1.39 bits per heavy atom. The zero-order chi connectivity index (χ0) is 22.6. The largest absolute Gasteiger partial charge is 0.370 e. The number of carbonyl (C=O) groups is 2. The summed E-state index contributed by atoms with van der Waals surface area (Å²) in [7, 11) is 0. The molecule has 0 saturated carbocycles. The second-order valence-corrected chi connectivity index (χ2v) is 8.72. The molecular formula is C21H25ClN6O3. The normalized spacial score (nSPS) is 19.8. The number of morpholine rings is 1. The van der Waals surface area contributed by atoms with E-state index in [9.17, 15) is 14.9 Å². The molecule has 1 unspecified atom stereocenters. The molecule has 1 saturated heterocycles. The Morgan fingerprint density at radius 2 is 2.10 bits per heavy atom. The Balaban J connectivity index is 1.93. The number of ketones is 1. The van der Waals surface area contributed by atoms with Crippen LogP contribution in [0.2, 0.25) is 5.02 Å². The minimum atomic E-state index is -0.549. The van der Waals surface area contributed by atoms with Gasteiger partial charge in [-0.15, -0.1) is 0 Å². The highest BCUT2D eigenvalue weighted by Gasteiger charge is 2.38. The molecule has 1 amide bonds. The van der Waals surface area contributed by atoms with E-state index >= 15 is 0 Å². The van der Waals surface area contributed by atoms with Crippen molar-refractivity contribution in [3.05, 3.63) is 34.9 Å². The Morgan fingerprint density at radius 3 is 2.71 bits per heavy atom. The number of carbonyl (C=O) groups excluding carboxylic acids is 2. The molecule has 1 N–H and O–H groups in total. The molecule has 1 aromatic carbocycles. The predicted molar refractivity (Wildman–Crippen MR) is 117 cm³/mol. The number of rotatable bonds is 4. The minimum absolute atomic E-state index is 0.0157. The number of halogens is 1. The van der Waals surface area contributed by atoms with Gasteiger partial charge in [-0.3, -0.25) is 14.9 Å². The molecule has 31 heavy (non-hydrogen) atoms. The first-order valence-electron chi connectivity index (χ1n) is 9.92. The number of hydrogen-bond donors (Lipinski definition) is 1. The van der Waals surface area contributed by atoms with Gasteiger partial charge in [-0.2, -0.15) is 10.4 Å². The summed E-state index contributed by atoms with van der Waals surface area (Å²) in [5.41, 5.74) is 0.909. The molecule has 1 atom stereocenters. The summed E-state index contributed by atoms with van der Waals surface area (Å²) < 4.78 is 5.26. The van der Waals surface area contributed by atoms with Gasteiger partial charge in [0.25, 0.3) is 0 Å². The van der Waals surface area contributed by atoms with E-state index in [0.29, 0.717) is 30.4 Å². The maximum absolute atomic E-state index is 12.5. The average Bonchev–Trinajstić information content (AvgIpc) is 3.16. The highest BCUT2D eigenvalue weighted by molar-refractivity contribution is 6.30. The fraction of sp³-hybridized carbons (Fsp3) is 0.476. The van der Waals surface area contributed by atoms with Gasteiger partial charge in [-0.25, -0.2) is 10.0 Å². The molecule has 0 aromatic heterocycles. The topological polar surface area (TPSA) is 110 Å². The monoisotopic (exact) mass is 444 g/mol. The highest BCUT2D eigenvalue weighted by atomic mass is 35.5. The van der Waals surface area contributed by atoms with Crippen molar-refractivity contribution in [3.63, 3.8) is 0 Å². The second-order valence-electron chi connectivity index (χ2n) is 8.28. The highest BCUT2D eigenvalue weighted by Crippen LogP contribution is 2.22. The maximum Gasteiger partial charge on any atom is 0.249 e. The number of amides is 1. The van der Waals surface area contributed by atoms with Crippen molar-refractivity contribution in [3.8, 4) is 6.19 Å². The zero-order valence-corrected chi connectivity index (χ0v) is 18.5. The molecule has 1 fully saturated rings. The molecule has 2 aliphatic rings. The van der Waals surface area contributed by atoms with Gasteiger partial charge in [0.15, 0.2) is 12.0 Å². The van der Waals surface area contributed by atoms with Gasteiger partial charge >= 0.3 is 0 Å². The fourth-order valence-corrected chi connectivity index (χ4v) is 3.34. The first-order chi connectivity index (χ1) is 14.7. The van der Waals surface area contributed by atoms with Crippen molar-refractivity contribution < 1.29 is 14.3 Å². The summed E-state index contributed by atoms with van der Waals surface area (Å²) in [5.74, 6) is -0.0325. The van der Waals surface area contributed by atoms with Gasteiger partial charge in [0.1, 0.15) is 13.2 Å². The van der Waals surface area contributed by atoms with Crippen LogP contribution in [-0.2, 0) is 14.3 Å². The quantitative estimate of drug-likeness (QED) is 0.327. The Bertz CT molecular complexity index is 945. The molecule has 9 nitrogen and oxygen atoms in total. The maximum atomic E-state index is 12.5. The lowest BCUT2D eigenvalue weighted by atomic mass is 9.91. The van der Waals surface area contributed by atoms with E-state index in [0.717, 1.165) is 5.56 Å². The van der Waals surface area contributed by atoms with Crippen LogP contribution in [0.25, 0.3) is 0 Å². The van der Waals surface area contributed by atoms with Crippen LogP contribution in [0.1, 0.15) is 26.3 Å². The summed E-state index contributed by atoms with van der Waals surface area (Å²) in [5, 5.41) is 18.5. The van der Waals surface area contributed by atoms with Crippen molar-refractivity contribution in [2.75, 3.05) is 32.8 Å². The van der Waals surface area contributed by atoms with E-state index in [1.165, 1.54) is 5.01 Å². The number of nitrogens with one attached hydrogen (secondary N) is 1. The zero-order valence-electron chi connectivity index (χ0n) is 17.8. The third-order valence-corrected chi connectivity index (χ3v) is 5.30. The van der Waals surface area contributed by atoms with Crippen LogP contribution in [0.4, 0.5) is 0 Å². The van der Waals surface area contributed by atoms with Gasteiger partial charge in [0, 0.05) is 22.5 Å². The van der Waals surface area contributed by atoms with E-state index in [1.54, 1.807) is 17.0 Å². The molecule has 0 aliphatic carbocycles. The number of hydrogen-bond acceptors (Lipinski definition) is 6. The van der Waals surface area contributed by atoms with Gasteiger partial charge in [-0.1, -0.05) is 44.5 Å². The first-order valence-corrected chi connectivity index (χ1v) is 10.3. The van der Waals surface area contributed by atoms with Crippen molar-refractivity contribution in [2.24, 2.45) is 15.5 Å². The summed E-state index contributed by atoms with van der Waals surface area (Å²) in [6.45, 7) is 6.54. The number of guanidine groups is 1. The molecule has 0 spiro atoms. The van der Waals surface area contributed by atoms with Gasteiger partial charge in [-0.05, 0) is 12.1 Å². The van der Waals surface area contributed by atoms with E-state index in [2.05, 4.69) is 15.4 Å². The lowest BCUT2D eigenvalue weighted by molar-refractivity contribution is -0.143. The number of aliphatic imine (C=N–C) groups is 1. The predicted octanol–water partition coefficient (Wildman–Crippen LogP) is 1.63. The standard InChI is InChI=1S/C21H25ClN6O3/c1-21(2,3)17(29)10-24-20(25-13-23)28-11-16(27-8-9-31-12-18(27)30)19(26-28)14-4-6-15(22)7-5-14/h4-7,16H,8-12H2,1-3H3,(H,24,25). The average molecular weight is 445 g/mol. The lowest BCUT2D eigenvalue weighted by Gasteiger charge is -2.33. The third kappa shape index (κ3) is 5.40. The molecule has 2 aliphatic heterocycles. The van der Waals surface area contributed by atoms with Crippen molar-refractivity contribution in [2.45, 2.75) is 26.8 Å². The van der Waals surface area contributed by atoms with Crippen LogP contribution < -0.4 is 5.32 Å². The lowest BCUT2D eigenvalue weighted by Crippen LogP contribution is -2.52. The Labute approximate surface area is 186 Å². The first kappa shape index (κ1) is 22.7. The molecule has 2 heterocycles. The van der Waals surface area contributed by atoms with E-state index in [-0.39, 0.29) is 36.8 Å². The summed E-state index contributed by atoms with van der Waals surface area (Å²) >= 11 is 6.03. The van der Waals surface area contributed by atoms with Crippen LogP contribution in [0.15, 0.2) is 34.4 Å². The van der Waals surface area contributed by atoms with Crippen LogP contribution in [0.3, 0.4) is 0 Å². The number of hydrazone groups is 1. The smallest absolute Gasteiger partial charge is 0.249 e. The van der Waals surface area contributed by atoms with Gasteiger partial charge in [0.05, 0.1) is 24.9 Å². The SMILES string of the molecule is CC(C)(C)C(=O)CN=C(NC#N)N1CC(N2CCOCC2=O)C(c2ccc(Cl)cc2)=N1. The molecule has 3 rings (SSSR count). The van der Waals surface area contributed by atoms with E-state index in [4.69, 9.17) is 16.3 Å². The molecule has 164 valence electrons. The Kier molecular flexibility index (Phi) is 6.93. The number of nitriles is 1. The van der Waals surface area contributed by atoms with Crippen molar-refractivity contribution in [1.82, 2.24) is 15.2 Å². The van der Waals surface area contributed by atoms with Crippen LogP contribution in [-0.4, -0.2) is 72.2 Å². The van der Waals surface area contributed by atoms with E-state index < -0.39 is 5.41 Å².